The molecule has 0 aliphatic rings. The van der Waals surface area contributed by atoms with Gasteiger partial charge in [0.15, 0.2) is 11.4 Å². The van der Waals surface area contributed by atoms with E-state index in [1.54, 1.807) is 0 Å². The number of aliphatic carboxylic acids is 2. The maximum Gasteiger partial charge on any atom is 0.344 e. The third kappa shape index (κ3) is 4.10. The maximum atomic E-state index is 10.8. The van der Waals surface area contributed by atoms with Gasteiger partial charge in [0.05, 0.1) is 0 Å². The maximum absolute atomic E-state index is 10.8. The van der Waals surface area contributed by atoms with Crippen LogP contribution in [0, 0.1) is 13.8 Å². The molecule has 0 saturated carbocycles. The molecule has 0 bridgehead atoms. The molecular weight excluding hydrogens is 300 g/mol. The van der Waals surface area contributed by atoms with Crippen molar-refractivity contribution < 1.29 is 19.8 Å². The molecule has 0 amide bonds. The molecule has 0 unspecified atom stereocenters. The third-order valence-corrected chi connectivity index (χ3v) is 2.82. The second-order valence-electron chi connectivity index (χ2n) is 4.72. The Bertz CT molecular complexity index is 766. The van der Waals surface area contributed by atoms with Crippen molar-refractivity contribution in [1.29, 1.82) is 0 Å². The summed E-state index contributed by atoms with van der Waals surface area (Å²) in [5, 5.41) is 20.1. The minimum Gasteiger partial charge on any atom is -0.477 e. The molecule has 0 saturated heterocycles. The summed E-state index contributed by atoms with van der Waals surface area (Å²) in [6.45, 7) is 3.71. The molecule has 23 heavy (non-hydrogen) atoms. The number of nitrogens with one attached hydrogen (secondary N) is 1. The number of rotatable bonds is 5. The first-order valence-electron chi connectivity index (χ1n) is 6.59. The SMILES string of the molecule is Cc1cc(-c2nccc(NC=C(C(=O)O)C(=O)O)n2)cc(C)n1. The third-order valence-electron chi connectivity index (χ3n) is 2.82. The van der Waals surface area contributed by atoms with E-state index in [1.165, 1.54) is 12.3 Å². The summed E-state index contributed by atoms with van der Waals surface area (Å²) < 4.78 is 0. The summed E-state index contributed by atoms with van der Waals surface area (Å²) in [5.41, 5.74) is 1.61. The lowest BCUT2D eigenvalue weighted by molar-refractivity contribution is -0.140. The van der Waals surface area contributed by atoms with Gasteiger partial charge >= 0.3 is 11.9 Å². The number of anilines is 1. The lowest BCUT2D eigenvalue weighted by atomic mass is 10.2. The van der Waals surface area contributed by atoms with Crippen molar-refractivity contribution in [2.24, 2.45) is 0 Å². The molecule has 2 aromatic rings. The second-order valence-corrected chi connectivity index (χ2v) is 4.72. The molecule has 0 fully saturated rings. The zero-order chi connectivity index (χ0) is 17.0. The van der Waals surface area contributed by atoms with Crippen LogP contribution < -0.4 is 5.32 Å². The van der Waals surface area contributed by atoms with Crippen molar-refractivity contribution in [2.75, 3.05) is 5.32 Å². The fourth-order valence-corrected chi connectivity index (χ4v) is 1.90. The lowest BCUT2D eigenvalue weighted by Gasteiger charge is -2.06. The average molecular weight is 314 g/mol. The molecule has 0 radical (unpaired) electrons. The summed E-state index contributed by atoms with van der Waals surface area (Å²) in [4.78, 5) is 34.3. The molecule has 118 valence electrons. The first-order chi connectivity index (χ1) is 10.9. The van der Waals surface area contributed by atoms with Gasteiger partial charge < -0.3 is 15.5 Å². The Morgan fingerprint density at radius 1 is 1.09 bits per heavy atom. The zero-order valence-electron chi connectivity index (χ0n) is 12.4. The first kappa shape index (κ1) is 16.1. The predicted molar refractivity (Wildman–Crippen MR) is 81.7 cm³/mol. The summed E-state index contributed by atoms with van der Waals surface area (Å²) in [6.07, 6.45) is 2.37. The highest BCUT2D eigenvalue weighted by Gasteiger charge is 2.15. The number of hydrogen-bond acceptors (Lipinski definition) is 6. The van der Waals surface area contributed by atoms with Gasteiger partial charge in [-0.3, -0.25) is 4.98 Å². The molecule has 2 rings (SSSR count). The van der Waals surface area contributed by atoms with E-state index in [0.29, 0.717) is 5.82 Å². The molecule has 2 aromatic heterocycles. The number of aromatic nitrogens is 3. The second kappa shape index (κ2) is 6.65. The van der Waals surface area contributed by atoms with E-state index in [4.69, 9.17) is 10.2 Å². The van der Waals surface area contributed by atoms with Crippen molar-refractivity contribution in [1.82, 2.24) is 15.0 Å². The number of carbonyl (C=O) groups is 2. The highest BCUT2D eigenvalue weighted by Crippen LogP contribution is 2.18. The molecule has 8 nitrogen and oxygen atoms in total. The van der Waals surface area contributed by atoms with E-state index in [1.807, 2.05) is 26.0 Å². The number of carboxylic acid groups (broad SMARTS) is 2. The van der Waals surface area contributed by atoms with Crippen LogP contribution in [0.2, 0.25) is 0 Å². The van der Waals surface area contributed by atoms with Gasteiger partial charge in [-0.25, -0.2) is 19.6 Å². The standard InChI is InChI=1S/C15H14N4O4/c1-8-5-10(6-9(2)18-8)13-16-4-3-12(19-13)17-7-11(14(20)21)15(22)23/h3-7H,1-2H3,(H,20,21)(H,22,23)(H,16,17,19). The van der Waals surface area contributed by atoms with Gasteiger partial charge in [-0.15, -0.1) is 0 Å². The number of pyridine rings is 1. The zero-order valence-corrected chi connectivity index (χ0v) is 12.4. The van der Waals surface area contributed by atoms with Crippen molar-refractivity contribution in [2.45, 2.75) is 13.8 Å². The monoisotopic (exact) mass is 314 g/mol. The largest absolute Gasteiger partial charge is 0.477 e. The Hall–Kier alpha value is -3.29. The molecule has 3 N–H and O–H groups in total. The van der Waals surface area contributed by atoms with Crippen LogP contribution in [0.4, 0.5) is 5.82 Å². The number of hydrogen-bond donors (Lipinski definition) is 3. The van der Waals surface area contributed by atoms with E-state index in [-0.39, 0.29) is 5.82 Å². The van der Waals surface area contributed by atoms with Gasteiger partial charge in [-0.1, -0.05) is 0 Å². The van der Waals surface area contributed by atoms with Gasteiger partial charge in [0, 0.05) is 29.3 Å². The van der Waals surface area contributed by atoms with Crippen LogP contribution in [-0.2, 0) is 9.59 Å². The fourth-order valence-electron chi connectivity index (χ4n) is 1.90. The quantitative estimate of drug-likeness (QED) is 0.432. The van der Waals surface area contributed by atoms with Crippen LogP contribution in [0.5, 0.6) is 0 Å². The van der Waals surface area contributed by atoms with E-state index in [0.717, 1.165) is 23.2 Å². The average Bonchev–Trinajstić information content (AvgIpc) is 2.46. The number of carboxylic acids is 2. The smallest absolute Gasteiger partial charge is 0.344 e. The number of nitrogens with zero attached hydrogens (tertiary/aromatic N) is 3. The highest BCUT2D eigenvalue weighted by molar-refractivity contribution is 6.12. The first-order valence-corrected chi connectivity index (χ1v) is 6.59. The van der Waals surface area contributed by atoms with Crippen LogP contribution in [-0.4, -0.2) is 37.1 Å². The predicted octanol–water partition coefficient (Wildman–Crippen LogP) is 1.62. The van der Waals surface area contributed by atoms with Gasteiger partial charge in [0.2, 0.25) is 0 Å². The van der Waals surface area contributed by atoms with E-state index >= 15 is 0 Å². The van der Waals surface area contributed by atoms with Crippen LogP contribution in [0.25, 0.3) is 11.4 Å². The lowest BCUT2D eigenvalue weighted by Crippen LogP contribution is -2.13. The Kier molecular flexibility index (Phi) is 4.65. The molecule has 0 spiro atoms. The molecule has 0 aliphatic carbocycles. The van der Waals surface area contributed by atoms with Crippen LogP contribution in [0.1, 0.15) is 11.4 Å². The van der Waals surface area contributed by atoms with Crippen molar-refractivity contribution in [3.05, 3.63) is 47.6 Å². The normalized spacial score (nSPS) is 10.0. The Balaban J connectivity index is 2.31. The molecule has 0 atom stereocenters. The van der Waals surface area contributed by atoms with Gasteiger partial charge in [0.25, 0.3) is 0 Å². The molecule has 2 heterocycles. The van der Waals surface area contributed by atoms with Gasteiger partial charge in [-0.2, -0.15) is 0 Å². The van der Waals surface area contributed by atoms with Crippen molar-refractivity contribution in [3.63, 3.8) is 0 Å². The molecule has 0 aromatic carbocycles. The molecular formula is C15H14N4O4. The van der Waals surface area contributed by atoms with E-state index in [9.17, 15) is 9.59 Å². The molecule has 8 heteroatoms. The minimum absolute atomic E-state index is 0.280. The number of aryl methyl sites for hydroxylation is 2. The van der Waals surface area contributed by atoms with Gasteiger partial charge in [-0.05, 0) is 32.0 Å². The molecule has 0 aliphatic heterocycles. The minimum atomic E-state index is -1.54. The van der Waals surface area contributed by atoms with Crippen molar-refractivity contribution >= 4 is 17.8 Å². The Labute approximate surface area is 131 Å². The van der Waals surface area contributed by atoms with Crippen LogP contribution in [0.3, 0.4) is 0 Å². The summed E-state index contributed by atoms with van der Waals surface area (Å²) >= 11 is 0. The van der Waals surface area contributed by atoms with Crippen molar-refractivity contribution in [3.8, 4) is 11.4 Å². The fraction of sp³-hybridized carbons (Fsp3) is 0.133. The van der Waals surface area contributed by atoms with E-state index in [2.05, 4.69) is 20.3 Å². The summed E-state index contributed by atoms with van der Waals surface area (Å²) in [5.74, 6) is -2.38. The van der Waals surface area contributed by atoms with Gasteiger partial charge in [0.1, 0.15) is 5.82 Å². The van der Waals surface area contributed by atoms with E-state index < -0.39 is 17.5 Å². The Morgan fingerprint density at radius 3 is 2.26 bits per heavy atom. The highest BCUT2D eigenvalue weighted by atomic mass is 16.4. The topological polar surface area (TPSA) is 125 Å². The van der Waals surface area contributed by atoms with Crippen LogP contribution >= 0.6 is 0 Å². The Morgan fingerprint density at radius 2 is 1.70 bits per heavy atom. The summed E-state index contributed by atoms with van der Waals surface area (Å²) in [7, 11) is 0. The summed E-state index contributed by atoms with van der Waals surface area (Å²) in [6, 6.07) is 5.14. The van der Waals surface area contributed by atoms with Crippen LogP contribution in [0.15, 0.2) is 36.2 Å².